The molecule has 0 aromatic heterocycles. The summed E-state index contributed by atoms with van der Waals surface area (Å²) >= 11 is 0. The molecule has 1 amide bonds. The van der Waals surface area contributed by atoms with Crippen molar-refractivity contribution in [3.63, 3.8) is 0 Å². The normalized spacial score (nSPS) is 13.0. The molecule has 130 valence electrons. The minimum absolute atomic E-state index is 0.00940. The average Bonchev–Trinajstić information content (AvgIpc) is 2.46. The molecular formula is C15H19F4NO3. The van der Waals surface area contributed by atoms with E-state index in [-0.39, 0.29) is 29.8 Å². The lowest BCUT2D eigenvalue weighted by atomic mass is 10.1. The van der Waals surface area contributed by atoms with Gasteiger partial charge in [-0.2, -0.15) is 13.2 Å². The lowest BCUT2D eigenvalue weighted by Gasteiger charge is -2.26. The van der Waals surface area contributed by atoms with Gasteiger partial charge in [-0.15, -0.1) is 0 Å². The van der Waals surface area contributed by atoms with Crippen molar-refractivity contribution in [3.8, 4) is 0 Å². The number of ether oxygens (including phenoxy) is 1. The Bertz CT molecular complexity index is 537. The number of hydrogen-bond donors (Lipinski definition) is 1. The van der Waals surface area contributed by atoms with Crippen molar-refractivity contribution in [1.82, 2.24) is 4.90 Å². The molecule has 0 aliphatic rings. The molecule has 0 aliphatic heterocycles. The van der Waals surface area contributed by atoms with E-state index in [9.17, 15) is 27.5 Å². The van der Waals surface area contributed by atoms with Gasteiger partial charge in [0.25, 0.3) is 5.91 Å². The Morgan fingerprint density at radius 2 is 1.83 bits per heavy atom. The maximum absolute atomic E-state index is 13.6. The van der Waals surface area contributed by atoms with Crippen LogP contribution in [0.4, 0.5) is 17.6 Å². The Labute approximate surface area is 131 Å². The molecular weight excluding hydrogens is 318 g/mol. The van der Waals surface area contributed by atoms with Crippen LogP contribution in [-0.4, -0.2) is 55.0 Å². The van der Waals surface area contributed by atoms with Gasteiger partial charge in [-0.25, -0.2) is 4.39 Å². The number of amides is 1. The van der Waals surface area contributed by atoms with Crippen molar-refractivity contribution < 1.29 is 32.2 Å². The number of hydrogen-bond acceptors (Lipinski definition) is 3. The third-order valence-corrected chi connectivity index (χ3v) is 3.31. The summed E-state index contributed by atoms with van der Waals surface area (Å²) in [6.45, 7) is 1.89. The van der Waals surface area contributed by atoms with Gasteiger partial charge in [-0.05, 0) is 37.1 Å². The molecule has 0 fully saturated rings. The van der Waals surface area contributed by atoms with Gasteiger partial charge in [-0.3, -0.25) is 4.79 Å². The van der Waals surface area contributed by atoms with Crippen molar-refractivity contribution in [3.05, 3.63) is 34.6 Å². The van der Waals surface area contributed by atoms with E-state index in [2.05, 4.69) is 0 Å². The third-order valence-electron chi connectivity index (χ3n) is 3.31. The smallest absolute Gasteiger partial charge is 0.383 e. The van der Waals surface area contributed by atoms with Gasteiger partial charge in [0, 0.05) is 19.2 Å². The van der Waals surface area contributed by atoms with Crippen molar-refractivity contribution in [2.45, 2.75) is 26.1 Å². The monoisotopic (exact) mass is 337 g/mol. The van der Waals surface area contributed by atoms with Crippen molar-refractivity contribution in [2.75, 3.05) is 26.8 Å². The third kappa shape index (κ3) is 5.18. The molecule has 0 heterocycles. The van der Waals surface area contributed by atoms with Crippen LogP contribution in [0.15, 0.2) is 12.1 Å². The van der Waals surface area contributed by atoms with Crippen molar-refractivity contribution >= 4 is 5.91 Å². The van der Waals surface area contributed by atoms with E-state index in [1.165, 1.54) is 33.1 Å². The maximum atomic E-state index is 13.6. The molecule has 1 rings (SSSR count). The maximum Gasteiger partial charge on any atom is 0.416 e. The van der Waals surface area contributed by atoms with E-state index in [0.29, 0.717) is 0 Å². The predicted molar refractivity (Wildman–Crippen MR) is 75.7 cm³/mol. The summed E-state index contributed by atoms with van der Waals surface area (Å²) in [6.07, 6.45) is -7.49. The number of carbonyl (C=O) groups excluding carboxylic acids is 1. The van der Waals surface area contributed by atoms with Crippen LogP contribution in [0, 0.1) is 19.7 Å². The van der Waals surface area contributed by atoms with Crippen LogP contribution in [0.25, 0.3) is 0 Å². The lowest BCUT2D eigenvalue weighted by molar-refractivity contribution is -0.206. The highest BCUT2D eigenvalue weighted by Gasteiger charge is 2.40. The SMILES string of the molecule is COCCN(C[C@H](O)C(F)(F)F)C(=O)c1cc(C)c(F)c(C)c1. The molecule has 0 bridgehead atoms. The number of benzene rings is 1. The molecule has 4 nitrogen and oxygen atoms in total. The molecule has 0 aliphatic carbocycles. The molecule has 1 aromatic carbocycles. The molecule has 0 saturated carbocycles. The Kier molecular flexibility index (Phi) is 6.52. The van der Waals surface area contributed by atoms with Crippen LogP contribution in [0.1, 0.15) is 21.5 Å². The molecule has 1 atom stereocenters. The summed E-state index contributed by atoms with van der Waals surface area (Å²) in [5.74, 6) is -1.20. The van der Waals surface area contributed by atoms with Gasteiger partial charge in [0.1, 0.15) is 5.82 Å². The second-order valence-electron chi connectivity index (χ2n) is 5.23. The van der Waals surface area contributed by atoms with Gasteiger partial charge in [0.2, 0.25) is 0 Å². The van der Waals surface area contributed by atoms with Gasteiger partial charge in [0.15, 0.2) is 6.10 Å². The Morgan fingerprint density at radius 1 is 1.30 bits per heavy atom. The number of halogens is 4. The average molecular weight is 337 g/mol. The zero-order valence-corrected chi connectivity index (χ0v) is 13.1. The Hall–Kier alpha value is -1.67. The molecule has 0 spiro atoms. The number of rotatable bonds is 6. The minimum Gasteiger partial charge on any atom is -0.383 e. The molecule has 1 N–H and O–H groups in total. The van der Waals surface area contributed by atoms with E-state index < -0.39 is 30.5 Å². The number of nitrogens with zero attached hydrogens (tertiary/aromatic N) is 1. The summed E-state index contributed by atoms with van der Waals surface area (Å²) in [5.41, 5.74) is 0.500. The van der Waals surface area contributed by atoms with E-state index in [1.807, 2.05) is 0 Å². The first-order chi connectivity index (χ1) is 10.6. The number of aliphatic hydroxyl groups excluding tert-OH is 1. The van der Waals surface area contributed by atoms with Crippen LogP contribution in [0.3, 0.4) is 0 Å². The van der Waals surface area contributed by atoms with Crippen LogP contribution < -0.4 is 0 Å². The van der Waals surface area contributed by atoms with Gasteiger partial charge < -0.3 is 14.7 Å². The van der Waals surface area contributed by atoms with Crippen LogP contribution in [0.2, 0.25) is 0 Å². The first-order valence-corrected chi connectivity index (χ1v) is 6.87. The van der Waals surface area contributed by atoms with Gasteiger partial charge in [0.05, 0.1) is 13.2 Å². The van der Waals surface area contributed by atoms with Gasteiger partial charge in [-0.1, -0.05) is 0 Å². The molecule has 0 saturated heterocycles. The molecule has 23 heavy (non-hydrogen) atoms. The molecule has 8 heteroatoms. The Morgan fingerprint density at radius 3 is 2.26 bits per heavy atom. The summed E-state index contributed by atoms with van der Waals surface area (Å²) < 4.78 is 55.9. The molecule has 0 unspecified atom stereocenters. The van der Waals surface area contributed by atoms with E-state index in [0.717, 1.165) is 4.90 Å². The number of carbonyl (C=O) groups is 1. The van der Waals surface area contributed by atoms with Crippen molar-refractivity contribution in [1.29, 1.82) is 0 Å². The standard InChI is InChI=1S/C15H19F4NO3/c1-9-6-11(7-10(2)13(9)16)14(22)20(4-5-23-3)8-12(21)15(17,18)19/h6-7,12,21H,4-5,8H2,1-3H3/t12-/m0/s1. The number of methoxy groups -OCH3 is 1. The molecule has 0 radical (unpaired) electrons. The first kappa shape index (κ1) is 19.4. The van der Waals surface area contributed by atoms with Crippen LogP contribution in [0.5, 0.6) is 0 Å². The van der Waals surface area contributed by atoms with Crippen molar-refractivity contribution in [2.24, 2.45) is 0 Å². The van der Waals surface area contributed by atoms with Crippen LogP contribution >= 0.6 is 0 Å². The quantitative estimate of drug-likeness (QED) is 0.812. The fourth-order valence-electron chi connectivity index (χ4n) is 2.04. The zero-order valence-electron chi connectivity index (χ0n) is 13.1. The number of aryl methyl sites for hydroxylation is 2. The highest BCUT2D eigenvalue weighted by atomic mass is 19.4. The minimum atomic E-state index is -4.83. The largest absolute Gasteiger partial charge is 0.416 e. The fourth-order valence-corrected chi connectivity index (χ4v) is 2.04. The topological polar surface area (TPSA) is 49.8 Å². The Balaban J connectivity index is 3.04. The number of aliphatic hydroxyl groups is 1. The van der Waals surface area contributed by atoms with Crippen LogP contribution in [-0.2, 0) is 4.74 Å². The summed E-state index contributed by atoms with van der Waals surface area (Å²) in [4.78, 5) is 13.2. The summed E-state index contributed by atoms with van der Waals surface area (Å²) in [5, 5.41) is 9.18. The van der Waals surface area contributed by atoms with Gasteiger partial charge >= 0.3 is 6.18 Å². The van der Waals surface area contributed by atoms with E-state index in [1.54, 1.807) is 0 Å². The fraction of sp³-hybridized carbons (Fsp3) is 0.533. The van der Waals surface area contributed by atoms with E-state index in [4.69, 9.17) is 4.74 Å². The second-order valence-corrected chi connectivity index (χ2v) is 5.23. The highest BCUT2D eigenvalue weighted by molar-refractivity contribution is 5.94. The lowest BCUT2D eigenvalue weighted by Crippen LogP contribution is -2.45. The predicted octanol–water partition coefficient (Wildman–Crippen LogP) is 2.45. The molecule has 1 aromatic rings. The van der Waals surface area contributed by atoms with E-state index >= 15 is 0 Å². The summed E-state index contributed by atoms with van der Waals surface area (Å²) in [7, 11) is 1.34. The first-order valence-electron chi connectivity index (χ1n) is 6.87. The number of alkyl halides is 3. The second kappa shape index (κ2) is 7.74. The highest BCUT2D eigenvalue weighted by Crippen LogP contribution is 2.22. The zero-order chi connectivity index (χ0) is 17.8. The summed E-state index contributed by atoms with van der Waals surface area (Å²) in [6, 6.07) is 2.54.